The molecule has 0 bridgehead atoms. The predicted octanol–water partition coefficient (Wildman–Crippen LogP) is 5.71. The van der Waals surface area contributed by atoms with E-state index in [9.17, 15) is 9.59 Å². The Morgan fingerprint density at radius 2 is 1.74 bits per heavy atom. The van der Waals surface area contributed by atoms with Crippen molar-refractivity contribution in [2.45, 2.75) is 19.9 Å². The van der Waals surface area contributed by atoms with Crippen molar-refractivity contribution in [2.75, 3.05) is 19.0 Å². The van der Waals surface area contributed by atoms with Crippen LogP contribution in [-0.2, 0) is 13.0 Å². The molecule has 2 heterocycles. The van der Waals surface area contributed by atoms with Gasteiger partial charge in [-0.3, -0.25) is 9.59 Å². The van der Waals surface area contributed by atoms with Crippen LogP contribution in [0.1, 0.15) is 37.6 Å². The zero-order chi connectivity index (χ0) is 24.4. The van der Waals surface area contributed by atoms with E-state index in [-0.39, 0.29) is 11.8 Å². The van der Waals surface area contributed by atoms with Crippen LogP contribution < -0.4 is 10.1 Å². The van der Waals surface area contributed by atoms with Crippen molar-refractivity contribution in [2.24, 2.45) is 0 Å². The zero-order valence-corrected chi connectivity index (χ0v) is 19.7. The average Bonchev–Trinajstić information content (AvgIpc) is 3.32. The molecule has 6 nitrogen and oxygen atoms in total. The molecule has 1 N–H and O–H groups in total. The minimum Gasteiger partial charge on any atom is -0.497 e. The molecule has 0 radical (unpaired) electrons. The first kappa shape index (κ1) is 22.5. The normalized spacial score (nSPS) is 12.7. The third-order valence-electron chi connectivity index (χ3n) is 6.19. The van der Waals surface area contributed by atoms with Crippen molar-refractivity contribution in [1.29, 1.82) is 0 Å². The highest BCUT2D eigenvalue weighted by molar-refractivity contribution is 6.04. The maximum atomic E-state index is 12.9. The van der Waals surface area contributed by atoms with Crippen LogP contribution in [0.2, 0.25) is 0 Å². The third kappa shape index (κ3) is 4.82. The number of hydrogen-bond acceptors (Lipinski definition) is 4. The Hall–Kier alpha value is -4.32. The smallest absolute Gasteiger partial charge is 0.255 e. The summed E-state index contributed by atoms with van der Waals surface area (Å²) in [4.78, 5) is 27.5. The summed E-state index contributed by atoms with van der Waals surface area (Å²) in [7, 11) is 1.57. The van der Waals surface area contributed by atoms with Crippen LogP contribution in [0, 0.1) is 6.92 Å². The van der Waals surface area contributed by atoms with E-state index in [1.165, 1.54) is 0 Å². The van der Waals surface area contributed by atoms with Crippen LogP contribution in [-0.4, -0.2) is 30.4 Å². The van der Waals surface area contributed by atoms with E-state index in [1.807, 2.05) is 66.4 Å². The van der Waals surface area contributed by atoms with Gasteiger partial charge < -0.3 is 19.4 Å². The van der Waals surface area contributed by atoms with Gasteiger partial charge in [0.15, 0.2) is 0 Å². The van der Waals surface area contributed by atoms with Gasteiger partial charge in [-0.25, -0.2) is 0 Å². The highest BCUT2D eigenvalue weighted by Crippen LogP contribution is 2.31. The molecule has 0 saturated carbocycles. The quantitative estimate of drug-likeness (QED) is 0.409. The fourth-order valence-electron chi connectivity index (χ4n) is 4.25. The number of rotatable bonds is 5. The Bertz CT molecular complexity index is 1390. The van der Waals surface area contributed by atoms with Gasteiger partial charge in [-0.2, -0.15) is 0 Å². The van der Waals surface area contributed by atoms with Crippen LogP contribution in [0.3, 0.4) is 0 Å². The first-order valence-electron chi connectivity index (χ1n) is 11.5. The average molecular weight is 467 g/mol. The molecule has 0 fully saturated rings. The summed E-state index contributed by atoms with van der Waals surface area (Å²) in [6, 6.07) is 24.2. The number of aryl methyl sites for hydroxylation is 1. The number of ether oxygens (including phenoxy) is 1. The minimum absolute atomic E-state index is 0.0284. The van der Waals surface area contributed by atoms with Gasteiger partial charge in [-0.15, -0.1) is 0 Å². The lowest BCUT2D eigenvalue weighted by atomic mass is 10.1. The molecule has 0 aliphatic carbocycles. The lowest BCUT2D eigenvalue weighted by molar-refractivity contribution is 0.0730. The van der Waals surface area contributed by atoms with E-state index < -0.39 is 0 Å². The molecule has 1 aliphatic heterocycles. The Morgan fingerprint density at radius 1 is 0.943 bits per heavy atom. The number of fused-ring (bicyclic) bond motifs is 1. The maximum Gasteiger partial charge on any atom is 0.255 e. The standard InChI is InChI=1S/C29H26N2O4/c1-19-9-11-20(12-10-19)29(33)31-14-13-26-23(18-31)17-27(35-26)21-5-3-7-24(15-21)30-28(32)22-6-4-8-25(16-22)34-2/h3-12,15-17H,13-14,18H2,1-2H3,(H,30,32). The van der Waals surface area contributed by atoms with E-state index in [0.717, 1.165) is 28.2 Å². The topological polar surface area (TPSA) is 71.8 Å². The van der Waals surface area contributed by atoms with Crippen molar-refractivity contribution in [3.63, 3.8) is 0 Å². The van der Waals surface area contributed by atoms with Crippen molar-refractivity contribution < 1.29 is 18.7 Å². The molecule has 0 saturated heterocycles. The molecule has 3 aromatic carbocycles. The molecule has 4 aromatic rings. The fraction of sp³-hybridized carbons (Fsp3) is 0.172. The van der Waals surface area contributed by atoms with Gasteiger partial charge in [0.05, 0.1) is 7.11 Å². The number of nitrogens with one attached hydrogen (secondary N) is 1. The van der Waals surface area contributed by atoms with Gasteiger partial charge in [0.2, 0.25) is 0 Å². The molecular weight excluding hydrogens is 440 g/mol. The van der Waals surface area contributed by atoms with Crippen molar-refractivity contribution in [3.05, 3.63) is 107 Å². The molecule has 1 aliphatic rings. The highest BCUT2D eigenvalue weighted by Gasteiger charge is 2.25. The Morgan fingerprint density at radius 3 is 2.54 bits per heavy atom. The van der Waals surface area contributed by atoms with Crippen molar-refractivity contribution in [1.82, 2.24) is 4.90 Å². The van der Waals surface area contributed by atoms with E-state index >= 15 is 0 Å². The van der Waals surface area contributed by atoms with Crippen LogP contribution >= 0.6 is 0 Å². The first-order valence-corrected chi connectivity index (χ1v) is 11.5. The number of carbonyl (C=O) groups excluding carboxylic acids is 2. The molecule has 6 heteroatoms. The van der Waals surface area contributed by atoms with Gasteiger partial charge in [0, 0.05) is 47.5 Å². The van der Waals surface area contributed by atoms with E-state index in [1.54, 1.807) is 31.4 Å². The second-order valence-electron chi connectivity index (χ2n) is 8.67. The molecule has 0 spiro atoms. The molecule has 1 aromatic heterocycles. The van der Waals surface area contributed by atoms with Crippen LogP contribution in [0.15, 0.2) is 83.3 Å². The Kier molecular flexibility index (Phi) is 6.10. The summed E-state index contributed by atoms with van der Waals surface area (Å²) in [5.41, 5.74) is 4.88. The molecule has 2 amide bonds. The van der Waals surface area contributed by atoms with Gasteiger partial charge in [-0.05, 0) is 55.5 Å². The summed E-state index contributed by atoms with van der Waals surface area (Å²) in [6.45, 7) is 3.13. The highest BCUT2D eigenvalue weighted by atomic mass is 16.5. The Balaban J connectivity index is 1.31. The summed E-state index contributed by atoms with van der Waals surface area (Å²) >= 11 is 0. The first-order chi connectivity index (χ1) is 17.0. The number of methoxy groups -OCH3 is 1. The maximum absolute atomic E-state index is 12.9. The second-order valence-corrected chi connectivity index (χ2v) is 8.67. The molecule has 0 unspecified atom stereocenters. The molecule has 5 rings (SSSR count). The summed E-state index contributed by atoms with van der Waals surface area (Å²) in [5.74, 6) is 2.06. The number of hydrogen-bond donors (Lipinski definition) is 1. The largest absolute Gasteiger partial charge is 0.497 e. The van der Waals surface area contributed by atoms with Crippen LogP contribution in [0.4, 0.5) is 5.69 Å². The predicted molar refractivity (Wildman–Crippen MR) is 135 cm³/mol. The van der Waals surface area contributed by atoms with Gasteiger partial charge in [0.1, 0.15) is 17.3 Å². The number of amides is 2. The van der Waals surface area contributed by atoms with Crippen LogP contribution in [0.25, 0.3) is 11.3 Å². The Labute approximate surface area is 204 Å². The summed E-state index contributed by atoms with van der Waals surface area (Å²) in [6.07, 6.45) is 0.666. The summed E-state index contributed by atoms with van der Waals surface area (Å²) < 4.78 is 11.4. The number of anilines is 1. The van der Waals surface area contributed by atoms with Gasteiger partial charge in [0.25, 0.3) is 11.8 Å². The van der Waals surface area contributed by atoms with Crippen LogP contribution in [0.5, 0.6) is 5.75 Å². The van der Waals surface area contributed by atoms with Crippen molar-refractivity contribution in [3.8, 4) is 17.1 Å². The SMILES string of the molecule is COc1cccc(C(=O)Nc2cccc(-c3cc4c(o3)CCN(C(=O)c3ccc(C)cc3)C4)c2)c1. The summed E-state index contributed by atoms with van der Waals surface area (Å²) in [5, 5.41) is 2.94. The number of carbonyl (C=O) groups is 2. The molecular formula is C29H26N2O4. The number of benzene rings is 3. The number of nitrogens with zero attached hydrogens (tertiary/aromatic N) is 1. The third-order valence-corrected chi connectivity index (χ3v) is 6.19. The van der Waals surface area contributed by atoms with Gasteiger partial charge in [-0.1, -0.05) is 35.9 Å². The monoisotopic (exact) mass is 466 g/mol. The van der Waals surface area contributed by atoms with E-state index in [0.29, 0.717) is 42.1 Å². The van der Waals surface area contributed by atoms with Gasteiger partial charge >= 0.3 is 0 Å². The fourth-order valence-corrected chi connectivity index (χ4v) is 4.25. The molecule has 176 valence electrons. The molecule has 35 heavy (non-hydrogen) atoms. The lowest BCUT2D eigenvalue weighted by Crippen LogP contribution is -2.35. The minimum atomic E-state index is -0.218. The molecule has 0 atom stereocenters. The number of furan rings is 1. The van der Waals surface area contributed by atoms with E-state index in [4.69, 9.17) is 9.15 Å². The zero-order valence-electron chi connectivity index (χ0n) is 19.7. The second kappa shape index (κ2) is 9.50. The lowest BCUT2D eigenvalue weighted by Gasteiger charge is -2.26. The van der Waals surface area contributed by atoms with Crippen molar-refractivity contribution >= 4 is 17.5 Å². The van der Waals surface area contributed by atoms with E-state index in [2.05, 4.69) is 5.32 Å².